The molecule has 0 saturated carbocycles. The molecule has 0 bridgehead atoms. The number of nitrogens with zero attached hydrogens (tertiary/aromatic N) is 3. The number of nitrogens with one attached hydrogen (secondary N) is 1. The van der Waals surface area contributed by atoms with E-state index in [1.54, 1.807) is 0 Å². The van der Waals surface area contributed by atoms with Crippen LogP contribution in [0.5, 0.6) is 0 Å². The fourth-order valence-corrected chi connectivity index (χ4v) is 1.25. The van der Waals surface area contributed by atoms with E-state index in [0.717, 1.165) is 24.3 Å². The second-order valence-electron chi connectivity index (χ2n) is 3.39. The number of rotatable bonds is 2. The molecule has 0 aliphatic heterocycles. The van der Waals surface area contributed by atoms with E-state index in [1.165, 1.54) is 17.3 Å². The number of carbonyl (C=O) groups excluding carboxylic acids is 1. The van der Waals surface area contributed by atoms with Crippen molar-refractivity contribution in [2.24, 2.45) is 0 Å². The summed E-state index contributed by atoms with van der Waals surface area (Å²) in [6, 6.07) is 3.90. The average molecular weight is 256 g/mol. The first-order valence-corrected chi connectivity index (χ1v) is 4.80. The van der Waals surface area contributed by atoms with Crippen molar-refractivity contribution in [1.82, 2.24) is 14.9 Å². The quantitative estimate of drug-likeness (QED) is 0.889. The molecule has 0 aliphatic rings. The smallest absolute Gasteiger partial charge is 0.267 e. The third-order valence-corrected chi connectivity index (χ3v) is 2.12. The fraction of sp³-hybridized carbons (Fsp3) is 0.100. The zero-order valence-corrected chi connectivity index (χ0v) is 8.85. The molecular weight excluding hydrogens is 249 g/mol. The molecule has 5 nitrogen and oxygen atoms in total. The Balaban J connectivity index is 2.12. The number of benzene rings is 1. The highest BCUT2D eigenvalue weighted by Crippen LogP contribution is 2.29. The second-order valence-corrected chi connectivity index (χ2v) is 3.39. The lowest BCUT2D eigenvalue weighted by Crippen LogP contribution is -2.21. The van der Waals surface area contributed by atoms with E-state index in [0.29, 0.717) is 0 Å². The zero-order valence-electron chi connectivity index (χ0n) is 8.85. The number of aromatic nitrogens is 3. The fourth-order valence-electron chi connectivity index (χ4n) is 1.25. The molecule has 0 spiro atoms. The Kier molecular flexibility index (Phi) is 3.00. The third-order valence-electron chi connectivity index (χ3n) is 2.12. The Bertz CT molecular complexity index is 533. The normalized spacial score (nSPS) is 11.3. The molecule has 0 radical (unpaired) electrons. The van der Waals surface area contributed by atoms with Crippen LogP contribution in [0.1, 0.15) is 15.9 Å². The predicted molar refractivity (Wildman–Crippen MR) is 55.2 cm³/mol. The number of hydrogen-bond donors (Lipinski definition) is 1. The zero-order chi connectivity index (χ0) is 13.2. The molecule has 2 rings (SSSR count). The van der Waals surface area contributed by atoms with Crippen LogP contribution in [0.4, 0.5) is 13.2 Å². The summed E-state index contributed by atoms with van der Waals surface area (Å²) in [4.78, 5) is 11.6. The van der Waals surface area contributed by atoms with Crippen LogP contribution >= 0.6 is 0 Å². The first-order chi connectivity index (χ1) is 8.47. The summed E-state index contributed by atoms with van der Waals surface area (Å²) in [5.41, 5.74) is 1.67. The average Bonchev–Trinajstić information content (AvgIpc) is 2.81. The number of amides is 1. The Morgan fingerprint density at radius 2 is 1.67 bits per heavy atom. The van der Waals surface area contributed by atoms with Crippen molar-refractivity contribution in [2.75, 3.05) is 5.43 Å². The van der Waals surface area contributed by atoms with Gasteiger partial charge in [0.1, 0.15) is 12.7 Å². The SMILES string of the molecule is O=C(Nn1cnnc1)c1ccc(C(F)(F)F)cc1. The topological polar surface area (TPSA) is 59.8 Å². The van der Waals surface area contributed by atoms with Crippen LogP contribution in [0.25, 0.3) is 0 Å². The van der Waals surface area contributed by atoms with Gasteiger partial charge in [0, 0.05) is 5.56 Å². The van der Waals surface area contributed by atoms with E-state index in [-0.39, 0.29) is 5.56 Å². The van der Waals surface area contributed by atoms with Crippen LogP contribution in [-0.4, -0.2) is 20.8 Å². The maximum Gasteiger partial charge on any atom is 0.416 e. The molecule has 1 amide bonds. The van der Waals surface area contributed by atoms with Crippen molar-refractivity contribution in [2.45, 2.75) is 6.18 Å². The largest absolute Gasteiger partial charge is 0.416 e. The van der Waals surface area contributed by atoms with Gasteiger partial charge in [0.25, 0.3) is 5.91 Å². The molecule has 1 N–H and O–H groups in total. The maximum atomic E-state index is 12.3. The van der Waals surface area contributed by atoms with Gasteiger partial charge in [-0.3, -0.25) is 10.2 Å². The van der Waals surface area contributed by atoms with Crippen molar-refractivity contribution < 1.29 is 18.0 Å². The van der Waals surface area contributed by atoms with Crippen LogP contribution in [0.3, 0.4) is 0 Å². The first kappa shape index (κ1) is 12.1. The standard InChI is InChI=1S/C10H7F3N4O/c11-10(12,13)8-3-1-7(2-4-8)9(18)16-17-5-14-15-6-17/h1-6H,(H,16,18). The molecule has 0 aliphatic carbocycles. The number of carbonyl (C=O) groups is 1. The van der Waals surface area contributed by atoms with E-state index in [1.807, 2.05) is 0 Å². The minimum absolute atomic E-state index is 0.108. The van der Waals surface area contributed by atoms with Gasteiger partial charge in [-0.25, -0.2) is 4.68 Å². The molecule has 0 fully saturated rings. The van der Waals surface area contributed by atoms with Crippen molar-refractivity contribution >= 4 is 5.91 Å². The minimum Gasteiger partial charge on any atom is -0.267 e. The van der Waals surface area contributed by atoms with Gasteiger partial charge in [-0.15, -0.1) is 10.2 Å². The lowest BCUT2D eigenvalue weighted by Gasteiger charge is -2.08. The van der Waals surface area contributed by atoms with Crippen LogP contribution < -0.4 is 5.43 Å². The molecule has 0 unspecified atom stereocenters. The first-order valence-electron chi connectivity index (χ1n) is 4.80. The van der Waals surface area contributed by atoms with Crippen LogP contribution in [-0.2, 0) is 6.18 Å². The Hall–Kier alpha value is -2.38. The van der Waals surface area contributed by atoms with E-state index in [9.17, 15) is 18.0 Å². The van der Waals surface area contributed by atoms with Gasteiger partial charge in [0.15, 0.2) is 0 Å². The summed E-state index contributed by atoms with van der Waals surface area (Å²) in [6.45, 7) is 0. The van der Waals surface area contributed by atoms with Crippen molar-refractivity contribution in [3.63, 3.8) is 0 Å². The van der Waals surface area contributed by atoms with Crippen molar-refractivity contribution in [1.29, 1.82) is 0 Å². The summed E-state index contributed by atoms with van der Waals surface area (Å²) >= 11 is 0. The summed E-state index contributed by atoms with van der Waals surface area (Å²) in [6.07, 6.45) is -1.91. The van der Waals surface area contributed by atoms with E-state index in [2.05, 4.69) is 15.6 Å². The van der Waals surface area contributed by atoms with Crippen LogP contribution in [0, 0.1) is 0 Å². The van der Waals surface area contributed by atoms with Gasteiger partial charge in [0.2, 0.25) is 0 Å². The number of alkyl halides is 3. The van der Waals surface area contributed by atoms with Gasteiger partial charge in [-0.1, -0.05) is 0 Å². The molecule has 94 valence electrons. The monoisotopic (exact) mass is 256 g/mol. The molecule has 18 heavy (non-hydrogen) atoms. The second kappa shape index (κ2) is 4.47. The molecule has 1 aromatic carbocycles. The van der Waals surface area contributed by atoms with E-state index in [4.69, 9.17) is 0 Å². The Morgan fingerprint density at radius 1 is 1.11 bits per heavy atom. The molecule has 0 atom stereocenters. The lowest BCUT2D eigenvalue weighted by atomic mass is 10.1. The highest BCUT2D eigenvalue weighted by molar-refractivity contribution is 5.99. The lowest BCUT2D eigenvalue weighted by molar-refractivity contribution is -0.137. The van der Waals surface area contributed by atoms with Crippen molar-refractivity contribution in [3.8, 4) is 0 Å². The number of halogens is 3. The minimum atomic E-state index is -4.41. The summed E-state index contributed by atoms with van der Waals surface area (Å²) in [7, 11) is 0. The van der Waals surface area contributed by atoms with Crippen LogP contribution in [0.2, 0.25) is 0 Å². The van der Waals surface area contributed by atoms with E-state index < -0.39 is 17.6 Å². The maximum absolute atomic E-state index is 12.3. The molecule has 8 heteroatoms. The van der Waals surface area contributed by atoms with Gasteiger partial charge < -0.3 is 0 Å². The molecule has 1 heterocycles. The molecular formula is C10H7F3N4O. The van der Waals surface area contributed by atoms with Gasteiger partial charge >= 0.3 is 6.18 Å². The molecule has 0 saturated heterocycles. The van der Waals surface area contributed by atoms with Gasteiger partial charge in [-0.05, 0) is 24.3 Å². The van der Waals surface area contributed by atoms with Crippen molar-refractivity contribution in [3.05, 3.63) is 48.0 Å². The highest BCUT2D eigenvalue weighted by Gasteiger charge is 2.30. The number of hydrogen-bond acceptors (Lipinski definition) is 3. The highest BCUT2D eigenvalue weighted by atomic mass is 19.4. The van der Waals surface area contributed by atoms with Gasteiger partial charge in [0.05, 0.1) is 5.56 Å². The Morgan fingerprint density at radius 3 is 2.17 bits per heavy atom. The predicted octanol–water partition coefficient (Wildman–Crippen LogP) is 1.68. The van der Waals surface area contributed by atoms with Gasteiger partial charge in [-0.2, -0.15) is 13.2 Å². The molecule has 1 aromatic heterocycles. The summed E-state index contributed by atoms with van der Waals surface area (Å²) in [5, 5.41) is 6.93. The third kappa shape index (κ3) is 2.65. The molecule has 2 aromatic rings. The summed E-state index contributed by atoms with van der Waals surface area (Å²) in [5.74, 6) is -0.552. The Labute approximate surface area is 99.2 Å². The summed E-state index contributed by atoms with van der Waals surface area (Å²) < 4.78 is 38.1. The van der Waals surface area contributed by atoms with E-state index >= 15 is 0 Å². The van der Waals surface area contributed by atoms with Crippen LogP contribution in [0.15, 0.2) is 36.9 Å².